The maximum absolute atomic E-state index is 12.0. The van der Waals surface area contributed by atoms with Crippen LogP contribution < -0.4 is 10.6 Å². The molecule has 1 aliphatic rings. The Morgan fingerprint density at radius 1 is 1.28 bits per heavy atom. The highest BCUT2D eigenvalue weighted by Gasteiger charge is 2.32. The quantitative estimate of drug-likeness (QED) is 0.842. The molecule has 0 bridgehead atoms. The highest BCUT2D eigenvalue weighted by atomic mass is 16.2. The largest absolute Gasteiger partial charge is 0.324 e. The van der Waals surface area contributed by atoms with Gasteiger partial charge in [-0.3, -0.25) is 4.79 Å². The summed E-state index contributed by atoms with van der Waals surface area (Å²) in [6.07, 6.45) is 0. The van der Waals surface area contributed by atoms with Crippen molar-refractivity contribution in [2.24, 2.45) is 5.41 Å². The molecule has 0 saturated heterocycles. The first-order valence-corrected chi connectivity index (χ1v) is 6.43. The maximum atomic E-state index is 12.0. The van der Waals surface area contributed by atoms with E-state index in [1.54, 1.807) is 0 Å². The third-order valence-corrected chi connectivity index (χ3v) is 3.17. The lowest BCUT2D eigenvalue weighted by Crippen LogP contribution is -2.34. The van der Waals surface area contributed by atoms with Gasteiger partial charge in [-0.15, -0.1) is 0 Å². The van der Waals surface area contributed by atoms with Gasteiger partial charge >= 0.3 is 0 Å². The molecule has 0 aliphatic carbocycles. The van der Waals surface area contributed by atoms with Crippen molar-refractivity contribution in [3.8, 4) is 0 Å². The summed E-state index contributed by atoms with van der Waals surface area (Å²) >= 11 is 0. The van der Waals surface area contributed by atoms with E-state index < -0.39 is 0 Å². The SMILES string of the molecule is Cc1cc(C)c2c(c1)C(NCC(C)(C)C)C(=O)N2. The zero-order valence-corrected chi connectivity index (χ0v) is 11.8. The van der Waals surface area contributed by atoms with E-state index in [4.69, 9.17) is 0 Å². The summed E-state index contributed by atoms with van der Waals surface area (Å²) in [6.45, 7) is 11.4. The van der Waals surface area contributed by atoms with Gasteiger partial charge in [0.15, 0.2) is 0 Å². The molecule has 3 nitrogen and oxygen atoms in total. The number of benzene rings is 1. The van der Waals surface area contributed by atoms with E-state index in [2.05, 4.69) is 50.5 Å². The number of fused-ring (bicyclic) bond motifs is 1. The molecule has 2 rings (SSSR count). The summed E-state index contributed by atoms with van der Waals surface area (Å²) < 4.78 is 0. The summed E-state index contributed by atoms with van der Waals surface area (Å²) in [4.78, 5) is 12.0. The van der Waals surface area contributed by atoms with Gasteiger partial charge in [0, 0.05) is 17.8 Å². The molecule has 3 heteroatoms. The van der Waals surface area contributed by atoms with Crippen molar-refractivity contribution in [1.82, 2.24) is 5.32 Å². The minimum atomic E-state index is -0.210. The fourth-order valence-electron chi connectivity index (χ4n) is 2.35. The zero-order chi connectivity index (χ0) is 13.5. The van der Waals surface area contributed by atoms with Gasteiger partial charge in [0.25, 0.3) is 0 Å². The van der Waals surface area contributed by atoms with Crippen molar-refractivity contribution in [3.05, 3.63) is 28.8 Å². The minimum absolute atomic E-state index is 0.0583. The molecule has 1 heterocycles. The van der Waals surface area contributed by atoms with Crippen LogP contribution in [0.4, 0.5) is 5.69 Å². The molecule has 1 aromatic rings. The van der Waals surface area contributed by atoms with Crippen LogP contribution in [0.1, 0.15) is 43.5 Å². The second-order valence-electron chi connectivity index (χ2n) is 6.41. The molecule has 0 spiro atoms. The Hall–Kier alpha value is -1.35. The highest BCUT2D eigenvalue weighted by Crippen LogP contribution is 2.34. The van der Waals surface area contributed by atoms with E-state index in [0.717, 1.165) is 23.4 Å². The molecule has 0 radical (unpaired) electrons. The molecule has 0 saturated carbocycles. The number of hydrogen-bond acceptors (Lipinski definition) is 2. The Kier molecular flexibility index (Phi) is 3.20. The van der Waals surface area contributed by atoms with Gasteiger partial charge in [-0.05, 0) is 24.8 Å². The molecule has 0 fully saturated rings. The van der Waals surface area contributed by atoms with Gasteiger partial charge in [0.05, 0.1) is 0 Å². The molecular formula is C15H22N2O. The topological polar surface area (TPSA) is 41.1 Å². The molecule has 18 heavy (non-hydrogen) atoms. The molecule has 1 atom stereocenters. The van der Waals surface area contributed by atoms with Crippen LogP contribution in [0.2, 0.25) is 0 Å². The van der Waals surface area contributed by atoms with Crippen LogP contribution in [0.3, 0.4) is 0 Å². The maximum Gasteiger partial charge on any atom is 0.246 e. The predicted octanol–water partition coefficient (Wildman–Crippen LogP) is 2.93. The van der Waals surface area contributed by atoms with Crippen molar-refractivity contribution in [2.75, 3.05) is 11.9 Å². The molecule has 1 aromatic carbocycles. The van der Waals surface area contributed by atoms with E-state index >= 15 is 0 Å². The van der Waals surface area contributed by atoms with Crippen molar-refractivity contribution >= 4 is 11.6 Å². The van der Waals surface area contributed by atoms with E-state index in [0.29, 0.717) is 0 Å². The van der Waals surface area contributed by atoms with E-state index in [1.165, 1.54) is 5.56 Å². The summed E-state index contributed by atoms with van der Waals surface area (Å²) in [7, 11) is 0. The number of nitrogens with one attached hydrogen (secondary N) is 2. The normalized spacial score (nSPS) is 18.7. The molecule has 1 unspecified atom stereocenters. The second-order valence-corrected chi connectivity index (χ2v) is 6.41. The van der Waals surface area contributed by atoms with Crippen LogP contribution in [-0.2, 0) is 4.79 Å². The number of aryl methyl sites for hydroxylation is 2. The lowest BCUT2D eigenvalue weighted by atomic mass is 9.95. The lowest BCUT2D eigenvalue weighted by molar-refractivity contribution is -0.117. The number of carbonyl (C=O) groups excluding carboxylic acids is 1. The van der Waals surface area contributed by atoms with Gasteiger partial charge in [-0.25, -0.2) is 0 Å². The first-order chi connectivity index (χ1) is 8.28. The van der Waals surface area contributed by atoms with Crippen LogP contribution >= 0.6 is 0 Å². The van der Waals surface area contributed by atoms with Crippen molar-refractivity contribution in [3.63, 3.8) is 0 Å². The number of amides is 1. The minimum Gasteiger partial charge on any atom is -0.324 e. The fraction of sp³-hybridized carbons (Fsp3) is 0.533. The number of hydrogen-bond donors (Lipinski definition) is 2. The first-order valence-electron chi connectivity index (χ1n) is 6.43. The second kappa shape index (κ2) is 4.39. The Bertz CT molecular complexity index is 486. The molecule has 1 amide bonds. The van der Waals surface area contributed by atoms with E-state index in [1.807, 2.05) is 6.92 Å². The summed E-state index contributed by atoms with van der Waals surface area (Å²) in [5, 5.41) is 6.35. The van der Waals surface area contributed by atoms with Gasteiger partial charge in [-0.2, -0.15) is 0 Å². The van der Waals surface area contributed by atoms with Gasteiger partial charge in [0.2, 0.25) is 5.91 Å². The van der Waals surface area contributed by atoms with E-state index in [9.17, 15) is 4.79 Å². The Balaban J connectivity index is 2.27. The van der Waals surface area contributed by atoms with Gasteiger partial charge in [0.1, 0.15) is 6.04 Å². The van der Waals surface area contributed by atoms with Crippen molar-refractivity contribution in [1.29, 1.82) is 0 Å². The highest BCUT2D eigenvalue weighted by molar-refractivity contribution is 6.03. The third kappa shape index (κ3) is 2.56. The zero-order valence-electron chi connectivity index (χ0n) is 11.8. The Morgan fingerprint density at radius 3 is 2.56 bits per heavy atom. The summed E-state index contributed by atoms with van der Waals surface area (Å²) in [6, 6.07) is 3.99. The standard InChI is InChI=1S/C15H22N2O/c1-9-6-10(2)12-11(7-9)13(14(18)17-12)16-8-15(3,4)5/h6-7,13,16H,8H2,1-5H3,(H,17,18). The monoisotopic (exact) mass is 246 g/mol. The van der Waals surface area contributed by atoms with Crippen LogP contribution in [0.25, 0.3) is 0 Å². The van der Waals surface area contributed by atoms with E-state index in [-0.39, 0.29) is 17.4 Å². The van der Waals surface area contributed by atoms with Crippen LogP contribution in [0.5, 0.6) is 0 Å². The van der Waals surface area contributed by atoms with Gasteiger partial charge < -0.3 is 10.6 Å². The first kappa shape index (κ1) is 13.1. The van der Waals surface area contributed by atoms with Crippen LogP contribution in [0, 0.1) is 19.3 Å². The number of rotatable bonds is 2. The molecule has 0 aromatic heterocycles. The summed E-state index contributed by atoms with van der Waals surface area (Å²) in [5.41, 5.74) is 4.57. The smallest absolute Gasteiger partial charge is 0.246 e. The lowest BCUT2D eigenvalue weighted by Gasteiger charge is -2.21. The average Bonchev–Trinajstić information content (AvgIpc) is 2.51. The third-order valence-electron chi connectivity index (χ3n) is 3.17. The van der Waals surface area contributed by atoms with Gasteiger partial charge in [-0.1, -0.05) is 38.5 Å². The Labute approximate surface area is 109 Å². The molecular weight excluding hydrogens is 224 g/mol. The number of carbonyl (C=O) groups is 1. The van der Waals surface area contributed by atoms with Crippen LogP contribution in [0.15, 0.2) is 12.1 Å². The van der Waals surface area contributed by atoms with Crippen molar-refractivity contribution in [2.45, 2.75) is 40.7 Å². The predicted molar refractivity (Wildman–Crippen MR) is 74.7 cm³/mol. The van der Waals surface area contributed by atoms with Crippen LogP contribution in [-0.4, -0.2) is 12.5 Å². The molecule has 98 valence electrons. The Morgan fingerprint density at radius 2 is 1.94 bits per heavy atom. The average molecular weight is 246 g/mol. The molecule has 1 aliphatic heterocycles. The fourth-order valence-corrected chi connectivity index (χ4v) is 2.35. The number of anilines is 1. The summed E-state index contributed by atoms with van der Waals surface area (Å²) in [5.74, 6) is 0.0583. The van der Waals surface area contributed by atoms with Crippen molar-refractivity contribution < 1.29 is 4.79 Å². The molecule has 2 N–H and O–H groups in total.